The topological polar surface area (TPSA) is 77.0 Å². The van der Waals surface area contributed by atoms with Crippen molar-refractivity contribution in [3.63, 3.8) is 0 Å². The number of ketones is 1. The van der Waals surface area contributed by atoms with E-state index in [1.54, 1.807) is 6.92 Å². The number of benzene rings is 2. The molecule has 216 valence electrons. The molecule has 8 nitrogen and oxygen atoms in total. The van der Waals surface area contributed by atoms with Crippen molar-refractivity contribution in [2.75, 3.05) is 50.8 Å². The molecule has 0 saturated carbocycles. The summed E-state index contributed by atoms with van der Waals surface area (Å²) in [5, 5.41) is 0. The van der Waals surface area contributed by atoms with Crippen LogP contribution >= 0.6 is 0 Å². The van der Waals surface area contributed by atoms with E-state index in [1.165, 1.54) is 27.8 Å². The first kappa shape index (κ1) is 27.8. The maximum atomic E-state index is 11.3. The summed E-state index contributed by atoms with van der Waals surface area (Å²) in [5.74, 6) is 2.92. The van der Waals surface area contributed by atoms with E-state index in [-0.39, 0.29) is 18.0 Å². The molecule has 2 aromatic carbocycles. The fourth-order valence-corrected chi connectivity index (χ4v) is 5.92. The van der Waals surface area contributed by atoms with Gasteiger partial charge in [-0.2, -0.15) is 0 Å². The second-order valence-corrected chi connectivity index (χ2v) is 11.5. The first-order valence-electron chi connectivity index (χ1n) is 14.8. The largest absolute Gasteiger partial charge is 0.489 e. The summed E-state index contributed by atoms with van der Waals surface area (Å²) >= 11 is 0. The Morgan fingerprint density at radius 3 is 2.56 bits per heavy atom. The van der Waals surface area contributed by atoms with Crippen molar-refractivity contribution in [3.05, 3.63) is 70.5 Å². The molecule has 0 radical (unpaired) electrons. The van der Waals surface area contributed by atoms with Crippen LogP contribution in [0, 0.1) is 13.8 Å². The van der Waals surface area contributed by atoms with E-state index in [9.17, 15) is 4.79 Å². The van der Waals surface area contributed by atoms with Crippen LogP contribution in [0.25, 0.3) is 11.3 Å². The minimum Gasteiger partial charge on any atom is -0.489 e. The smallest absolute Gasteiger partial charge is 0.158 e. The Labute approximate surface area is 242 Å². The van der Waals surface area contributed by atoms with E-state index in [1.807, 2.05) is 6.92 Å². The molecule has 8 heteroatoms. The van der Waals surface area contributed by atoms with E-state index in [0.29, 0.717) is 19.8 Å². The molecule has 0 spiro atoms. The van der Waals surface area contributed by atoms with Crippen LogP contribution < -0.4 is 9.64 Å². The molecule has 0 bridgehead atoms. The van der Waals surface area contributed by atoms with Crippen LogP contribution in [-0.4, -0.2) is 78.8 Å². The molecule has 1 aliphatic carbocycles. The van der Waals surface area contributed by atoms with Crippen LogP contribution in [0.2, 0.25) is 0 Å². The van der Waals surface area contributed by atoms with E-state index >= 15 is 0 Å². The molecule has 3 heterocycles. The fraction of sp³-hybridized carbons (Fsp3) is 0.485. The molecular formula is C33H40N4O4. The number of carbonyl (C=O) groups excluding carboxylic acids is 1. The molecule has 2 atom stereocenters. The number of ether oxygens (including phenoxy) is 3. The van der Waals surface area contributed by atoms with Crippen molar-refractivity contribution in [2.45, 2.75) is 58.8 Å². The average molecular weight is 557 g/mol. The lowest BCUT2D eigenvalue weighted by molar-refractivity contribution is -0.169. The van der Waals surface area contributed by atoms with Gasteiger partial charge in [0.15, 0.2) is 5.78 Å². The van der Waals surface area contributed by atoms with E-state index < -0.39 is 0 Å². The third-order valence-corrected chi connectivity index (χ3v) is 8.41. The van der Waals surface area contributed by atoms with E-state index in [0.717, 1.165) is 75.1 Å². The number of rotatable bonds is 10. The summed E-state index contributed by atoms with van der Waals surface area (Å²) in [5.41, 5.74) is 7.24. The number of piperazine rings is 1. The van der Waals surface area contributed by atoms with Crippen LogP contribution in [0.3, 0.4) is 0 Å². The normalized spacial score (nSPS) is 20.2. The number of fused-ring (bicyclic) bond motifs is 3. The summed E-state index contributed by atoms with van der Waals surface area (Å²) < 4.78 is 17.5. The van der Waals surface area contributed by atoms with E-state index in [2.05, 4.69) is 59.2 Å². The lowest BCUT2D eigenvalue weighted by atomic mass is 9.88. The zero-order valence-electron chi connectivity index (χ0n) is 24.4. The maximum Gasteiger partial charge on any atom is 0.158 e. The standard InChI is InChI=1S/C33H40N4O4/c1-22-4-6-25(7-5-22)20-40-27-9-11-29-26(18-27)8-10-30-32(29)34-24(3)35-33(30)37-14-12-36(13-15-37)16-17-39-21-28-19-31(41-28)23(2)38/h4-7,9,11,18,28,31H,8,10,12-17,19-21H2,1-3H3. The van der Waals surface area contributed by atoms with Gasteiger partial charge in [-0.1, -0.05) is 29.8 Å². The minimum absolute atomic E-state index is 0.0656. The zero-order valence-corrected chi connectivity index (χ0v) is 24.4. The molecule has 2 unspecified atom stereocenters. The van der Waals surface area contributed by atoms with Crippen LogP contribution in [0.5, 0.6) is 5.75 Å². The zero-order chi connectivity index (χ0) is 28.3. The van der Waals surface area contributed by atoms with Gasteiger partial charge in [-0.05, 0) is 62.9 Å². The second kappa shape index (κ2) is 12.3. The van der Waals surface area contributed by atoms with Crippen LogP contribution in [0.1, 0.15) is 41.4 Å². The van der Waals surface area contributed by atoms with Crippen LogP contribution in [0.4, 0.5) is 5.82 Å². The third kappa shape index (κ3) is 6.45. The van der Waals surface area contributed by atoms with Gasteiger partial charge >= 0.3 is 0 Å². The molecule has 0 amide bonds. The number of nitrogens with zero attached hydrogens (tertiary/aromatic N) is 4. The lowest BCUT2D eigenvalue weighted by Gasteiger charge is -2.37. The van der Waals surface area contributed by atoms with E-state index in [4.69, 9.17) is 24.2 Å². The van der Waals surface area contributed by atoms with Crippen molar-refractivity contribution >= 4 is 11.6 Å². The maximum absolute atomic E-state index is 11.3. The van der Waals surface area contributed by atoms with Crippen molar-refractivity contribution in [1.82, 2.24) is 14.9 Å². The quantitative estimate of drug-likeness (QED) is 0.342. The van der Waals surface area contributed by atoms with Gasteiger partial charge in [-0.15, -0.1) is 0 Å². The van der Waals surface area contributed by atoms with Gasteiger partial charge in [-0.3, -0.25) is 9.69 Å². The van der Waals surface area contributed by atoms with Crippen LogP contribution in [0.15, 0.2) is 42.5 Å². The van der Waals surface area contributed by atoms with Crippen molar-refractivity contribution in [1.29, 1.82) is 0 Å². The monoisotopic (exact) mass is 556 g/mol. The number of aryl methyl sites for hydroxylation is 3. The Hall–Kier alpha value is -3.33. The second-order valence-electron chi connectivity index (χ2n) is 11.5. The highest BCUT2D eigenvalue weighted by Crippen LogP contribution is 2.38. The van der Waals surface area contributed by atoms with Gasteiger partial charge in [-0.25, -0.2) is 9.97 Å². The predicted octanol–water partition coefficient (Wildman–Crippen LogP) is 4.32. The third-order valence-electron chi connectivity index (χ3n) is 8.41. The molecule has 41 heavy (non-hydrogen) atoms. The van der Waals surface area contributed by atoms with Gasteiger partial charge in [0.1, 0.15) is 30.1 Å². The molecule has 2 fully saturated rings. The molecule has 6 rings (SSSR count). The van der Waals surface area contributed by atoms with Gasteiger partial charge in [0.25, 0.3) is 0 Å². The van der Waals surface area contributed by atoms with Crippen molar-refractivity contribution in [3.8, 4) is 17.0 Å². The molecule has 2 aliphatic heterocycles. The fourth-order valence-electron chi connectivity index (χ4n) is 5.92. The van der Waals surface area contributed by atoms with Gasteiger partial charge in [0, 0.05) is 50.3 Å². The Kier molecular flexibility index (Phi) is 8.32. The number of carbonyl (C=O) groups is 1. The molecule has 0 N–H and O–H groups in total. The first-order chi connectivity index (χ1) is 19.9. The summed E-state index contributed by atoms with van der Waals surface area (Å²) in [6.45, 7) is 12.2. The number of hydrogen-bond acceptors (Lipinski definition) is 8. The number of anilines is 1. The highest BCUT2D eigenvalue weighted by Gasteiger charge is 2.33. The molecule has 1 aromatic heterocycles. The Morgan fingerprint density at radius 2 is 1.80 bits per heavy atom. The average Bonchev–Trinajstić information content (AvgIpc) is 2.95. The van der Waals surface area contributed by atoms with Gasteiger partial charge < -0.3 is 19.1 Å². The summed E-state index contributed by atoms with van der Waals surface area (Å²) in [6, 6.07) is 14.9. The highest BCUT2D eigenvalue weighted by molar-refractivity contribution is 5.81. The summed E-state index contributed by atoms with van der Waals surface area (Å²) in [7, 11) is 0. The Balaban J connectivity index is 1.04. The first-order valence-corrected chi connectivity index (χ1v) is 14.8. The minimum atomic E-state index is -0.220. The number of Topliss-reactive ketones (excluding diaryl/α,β-unsaturated/α-hetero) is 1. The summed E-state index contributed by atoms with van der Waals surface area (Å²) in [4.78, 5) is 26.0. The number of hydrogen-bond donors (Lipinski definition) is 0. The number of aromatic nitrogens is 2. The van der Waals surface area contributed by atoms with Crippen molar-refractivity contribution < 1.29 is 19.0 Å². The molecule has 3 aromatic rings. The SMILES string of the molecule is CC(=O)C1CC(COCCN2CCN(c3nc(C)nc4c3CCc3cc(OCc5ccc(C)cc5)ccc3-4)CC2)O1. The summed E-state index contributed by atoms with van der Waals surface area (Å²) in [6.07, 6.45) is 2.52. The highest BCUT2D eigenvalue weighted by atomic mass is 16.6. The Bertz CT molecular complexity index is 1380. The van der Waals surface area contributed by atoms with Gasteiger partial charge in [0.2, 0.25) is 0 Å². The van der Waals surface area contributed by atoms with Gasteiger partial charge in [0.05, 0.1) is 25.0 Å². The molecule has 2 saturated heterocycles. The van der Waals surface area contributed by atoms with Crippen molar-refractivity contribution in [2.24, 2.45) is 0 Å². The van der Waals surface area contributed by atoms with Crippen LogP contribution in [-0.2, 0) is 33.7 Å². The molecular weight excluding hydrogens is 516 g/mol. The lowest BCUT2D eigenvalue weighted by Crippen LogP contribution is -2.48. The molecule has 3 aliphatic rings. The Morgan fingerprint density at radius 1 is 1.02 bits per heavy atom. The predicted molar refractivity (Wildman–Crippen MR) is 159 cm³/mol.